The second-order valence-corrected chi connectivity index (χ2v) is 15.3. The van der Waals surface area contributed by atoms with Crippen LogP contribution in [0, 0.1) is 0 Å². The van der Waals surface area contributed by atoms with Crippen molar-refractivity contribution in [2.24, 2.45) is 0 Å². The van der Waals surface area contributed by atoms with Gasteiger partial charge in [0.05, 0.1) is 51.8 Å². The van der Waals surface area contributed by atoms with Crippen molar-refractivity contribution in [1.82, 2.24) is 0 Å². The zero-order chi connectivity index (χ0) is 43.6. The van der Waals surface area contributed by atoms with Gasteiger partial charge in [-0.25, -0.2) is 4.79 Å². The molecule has 2 heterocycles. The molecule has 12 nitrogen and oxygen atoms in total. The summed E-state index contributed by atoms with van der Waals surface area (Å²) in [5.41, 5.74) is 4.05. The Balaban J connectivity index is 1.21. The van der Waals surface area contributed by atoms with Crippen LogP contribution in [0.5, 0.6) is 0 Å². The summed E-state index contributed by atoms with van der Waals surface area (Å²) in [5.74, 6) is -0.607. The van der Waals surface area contributed by atoms with Crippen LogP contribution in [0.25, 0.3) is 0 Å². The molecule has 2 aliphatic heterocycles. The third kappa shape index (κ3) is 13.0. The fraction of sp³-hybridized carbons (Fsp3) is 0.353. The van der Waals surface area contributed by atoms with Crippen molar-refractivity contribution in [3.8, 4) is 0 Å². The zero-order valence-corrected chi connectivity index (χ0v) is 35.4. The lowest BCUT2D eigenvalue weighted by molar-refractivity contribution is -0.341. The molecule has 63 heavy (non-hydrogen) atoms. The summed E-state index contributed by atoms with van der Waals surface area (Å²) < 4.78 is 64.3. The predicted molar refractivity (Wildman–Crippen MR) is 233 cm³/mol. The van der Waals surface area contributed by atoms with E-state index in [-0.39, 0.29) is 39.6 Å². The van der Waals surface area contributed by atoms with Gasteiger partial charge in [-0.05, 0) is 34.4 Å². The first-order chi connectivity index (χ1) is 31.0. The number of hydrogen-bond acceptors (Lipinski definition) is 12. The number of ether oxygens (including phenoxy) is 10. The number of benzene rings is 5. The molecule has 10 atom stereocenters. The molecule has 2 saturated heterocycles. The van der Waals surface area contributed by atoms with E-state index in [4.69, 9.17) is 47.4 Å². The van der Waals surface area contributed by atoms with Crippen LogP contribution < -0.4 is 0 Å². The van der Waals surface area contributed by atoms with E-state index < -0.39 is 67.4 Å². The first kappa shape index (κ1) is 45.9. The van der Waals surface area contributed by atoms with E-state index in [1.807, 2.05) is 127 Å². The van der Waals surface area contributed by atoms with E-state index in [0.29, 0.717) is 12.2 Å². The summed E-state index contributed by atoms with van der Waals surface area (Å²) in [7, 11) is 1.44. The quantitative estimate of drug-likeness (QED) is 0.0557. The molecule has 0 saturated carbocycles. The molecule has 0 radical (unpaired) electrons. The molecular formula is C51H56O12. The van der Waals surface area contributed by atoms with Gasteiger partial charge in [-0.15, -0.1) is 6.58 Å². The summed E-state index contributed by atoms with van der Waals surface area (Å²) in [6.07, 6.45) is -8.21. The molecule has 0 bridgehead atoms. The predicted octanol–water partition coefficient (Wildman–Crippen LogP) is 7.23. The molecule has 332 valence electrons. The van der Waals surface area contributed by atoms with Gasteiger partial charge >= 0.3 is 5.97 Å². The van der Waals surface area contributed by atoms with E-state index in [2.05, 4.69) is 6.58 Å². The van der Waals surface area contributed by atoms with Gasteiger partial charge in [0.2, 0.25) is 0 Å². The maximum Gasteiger partial charge on any atom is 0.338 e. The molecule has 0 unspecified atom stereocenters. The lowest BCUT2D eigenvalue weighted by Gasteiger charge is -2.47. The van der Waals surface area contributed by atoms with Crippen molar-refractivity contribution in [3.63, 3.8) is 0 Å². The number of rotatable bonds is 22. The van der Waals surface area contributed by atoms with Gasteiger partial charge < -0.3 is 52.5 Å². The number of aliphatic hydroxyl groups is 1. The van der Waals surface area contributed by atoms with Crippen LogP contribution in [-0.2, 0) is 73.8 Å². The van der Waals surface area contributed by atoms with Crippen molar-refractivity contribution < 1.29 is 57.3 Å². The molecule has 0 amide bonds. The van der Waals surface area contributed by atoms with Crippen molar-refractivity contribution in [1.29, 1.82) is 0 Å². The SMILES string of the molecule is C=CCO[C@H]1[C@H](OCc2ccccc2)[C@H](O)[C@@H](OC)O[C@@H]1CO[C@@H]1O[C@H](COCc2ccccc2)[C@H](OCc2ccccc2)[C@H](OCc2ccccc2)[C@H]1OC(=O)c1ccccc1. The topological polar surface area (TPSA) is 130 Å². The van der Waals surface area contributed by atoms with Crippen molar-refractivity contribution in [3.05, 3.63) is 192 Å². The van der Waals surface area contributed by atoms with Gasteiger partial charge in [-0.3, -0.25) is 0 Å². The second kappa shape index (κ2) is 24.1. The van der Waals surface area contributed by atoms with Crippen LogP contribution in [0.3, 0.4) is 0 Å². The summed E-state index contributed by atoms with van der Waals surface area (Å²) >= 11 is 0. The molecule has 0 spiro atoms. The number of aliphatic hydroxyl groups excluding tert-OH is 1. The average molecular weight is 861 g/mol. The van der Waals surface area contributed by atoms with Gasteiger partial charge in [0.1, 0.15) is 42.7 Å². The molecule has 7 rings (SSSR count). The Hall–Kier alpha value is -5.09. The van der Waals surface area contributed by atoms with Crippen LogP contribution >= 0.6 is 0 Å². The first-order valence-corrected chi connectivity index (χ1v) is 21.2. The van der Waals surface area contributed by atoms with Crippen molar-refractivity contribution in [2.75, 3.05) is 26.9 Å². The van der Waals surface area contributed by atoms with E-state index in [1.54, 1.807) is 30.3 Å². The average Bonchev–Trinajstić information content (AvgIpc) is 3.33. The summed E-state index contributed by atoms with van der Waals surface area (Å²) in [6, 6.07) is 47.6. The molecule has 2 fully saturated rings. The van der Waals surface area contributed by atoms with Gasteiger partial charge in [-0.1, -0.05) is 146 Å². The number of hydrogen-bond donors (Lipinski definition) is 1. The van der Waals surface area contributed by atoms with Gasteiger partial charge in [0.15, 0.2) is 18.7 Å². The van der Waals surface area contributed by atoms with Crippen LogP contribution in [0.2, 0.25) is 0 Å². The number of esters is 1. The minimum absolute atomic E-state index is 0.0805. The molecule has 0 aliphatic carbocycles. The lowest BCUT2D eigenvalue weighted by atomic mass is 9.97. The maximum atomic E-state index is 14.0. The van der Waals surface area contributed by atoms with E-state index in [1.165, 1.54) is 7.11 Å². The summed E-state index contributed by atoms with van der Waals surface area (Å²) in [5, 5.41) is 11.5. The summed E-state index contributed by atoms with van der Waals surface area (Å²) in [4.78, 5) is 14.0. The standard InChI is InChI=1S/C51H56O12/c1-3-29-56-44-42(61-50(54-2)43(52)46(44)58-32-38-23-13-6-14-24-38)35-60-51-48(63-49(53)40-27-17-8-18-28-40)47(59-33-39-25-15-7-16-26-39)45(57-31-37-21-11-5-12-22-37)41(62-51)34-55-30-36-19-9-4-10-20-36/h3-28,41-48,50-52H,1,29-35H2,2H3/t41-,42-,43+,44-,45+,46-,47+,48-,50+,51-/m1/s1. The van der Waals surface area contributed by atoms with Crippen molar-refractivity contribution >= 4 is 5.97 Å². The Bertz CT molecular complexity index is 2060. The van der Waals surface area contributed by atoms with Crippen molar-refractivity contribution in [2.45, 2.75) is 87.8 Å². The van der Waals surface area contributed by atoms with Gasteiger partial charge in [0, 0.05) is 7.11 Å². The van der Waals surface area contributed by atoms with Gasteiger partial charge in [0.25, 0.3) is 0 Å². The molecule has 2 aliphatic rings. The third-order valence-corrected chi connectivity index (χ3v) is 10.8. The molecule has 5 aromatic rings. The second-order valence-electron chi connectivity index (χ2n) is 15.3. The minimum Gasteiger partial charge on any atom is -0.450 e. The van der Waals surface area contributed by atoms with E-state index in [0.717, 1.165) is 22.3 Å². The Morgan fingerprint density at radius 2 is 0.984 bits per heavy atom. The maximum absolute atomic E-state index is 14.0. The van der Waals surface area contributed by atoms with Crippen LogP contribution in [-0.4, -0.2) is 99.4 Å². The normalized spacial score (nSPS) is 25.9. The Kier molecular flexibility index (Phi) is 17.6. The molecular weight excluding hydrogens is 805 g/mol. The zero-order valence-electron chi connectivity index (χ0n) is 35.4. The molecule has 1 N–H and O–H groups in total. The van der Waals surface area contributed by atoms with Crippen LogP contribution in [0.4, 0.5) is 0 Å². The smallest absolute Gasteiger partial charge is 0.338 e. The van der Waals surface area contributed by atoms with E-state index >= 15 is 0 Å². The highest BCUT2D eigenvalue weighted by atomic mass is 16.7. The van der Waals surface area contributed by atoms with Crippen LogP contribution in [0.1, 0.15) is 32.6 Å². The van der Waals surface area contributed by atoms with Gasteiger partial charge in [-0.2, -0.15) is 0 Å². The minimum atomic E-state index is -1.24. The highest BCUT2D eigenvalue weighted by Gasteiger charge is 2.52. The Morgan fingerprint density at radius 3 is 1.51 bits per heavy atom. The van der Waals surface area contributed by atoms with E-state index in [9.17, 15) is 9.90 Å². The Morgan fingerprint density at radius 1 is 0.540 bits per heavy atom. The summed E-state index contributed by atoms with van der Waals surface area (Å²) in [6.45, 7) is 4.76. The number of carbonyl (C=O) groups is 1. The highest BCUT2D eigenvalue weighted by molar-refractivity contribution is 5.89. The molecule has 5 aromatic carbocycles. The molecule has 12 heteroatoms. The molecule has 0 aromatic heterocycles. The highest BCUT2D eigenvalue weighted by Crippen LogP contribution is 2.34. The largest absolute Gasteiger partial charge is 0.450 e. The lowest BCUT2D eigenvalue weighted by Crippen LogP contribution is -2.64. The fourth-order valence-electron chi connectivity index (χ4n) is 7.58. The number of carbonyl (C=O) groups excluding carboxylic acids is 1. The number of methoxy groups -OCH3 is 1. The van der Waals surface area contributed by atoms with Crippen LogP contribution in [0.15, 0.2) is 164 Å². The fourth-order valence-corrected chi connectivity index (χ4v) is 7.58. The third-order valence-electron chi connectivity index (χ3n) is 10.8. The first-order valence-electron chi connectivity index (χ1n) is 21.2. The Labute approximate surface area is 369 Å². The monoisotopic (exact) mass is 860 g/mol.